The zero-order valence-electron chi connectivity index (χ0n) is 32.6. The maximum absolute atomic E-state index is 14.3. The van der Waals surface area contributed by atoms with Crippen LogP contribution in [0, 0.1) is 34.0 Å². The summed E-state index contributed by atoms with van der Waals surface area (Å²) in [6.45, 7) is 20.9. The van der Waals surface area contributed by atoms with E-state index in [-0.39, 0.29) is 35.5 Å². The number of aliphatic hydroxyl groups excluding tert-OH is 1. The molecule has 1 aromatic rings. The third-order valence-corrected chi connectivity index (χ3v) is 17.3. The Morgan fingerprint density at radius 1 is 0.942 bits per heavy atom. The van der Waals surface area contributed by atoms with Crippen LogP contribution in [0.15, 0.2) is 23.8 Å². The van der Waals surface area contributed by atoms with Crippen molar-refractivity contribution >= 4 is 11.5 Å². The lowest BCUT2D eigenvalue weighted by Gasteiger charge is -2.71. The quantitative estimate of drug-likeness (QED) is 0.266. The summed E-state index contributed by atoms with van der Waals surface area (Å²) in [4.78, 5) is 14.3. The topological polar surface area (TPSA) is 127 Å². The van der Waals surface area contributed by atoms with Crippen LogP contribution in [0.4, 0.5) is 5.69 Å². The summed E-state index contributed by atoms with van der Waals surface area (Å²) < 4.78 is 26.4. The lowest BCUT2D eigenvalue weighted by atomic mass is 9.38. The number of rotatable bonds is 1. The van der Waals surface area contributed by atoms with E-state index in [4.69, 9.17) is 18.9 Å². The highest BCUT2D eigenvalue weighted by Crippen LogP contribution is 2.83. The fourth-order valence-electron chi connectivity index (χ4n) is 15.1. The molecule has 15 atom stereocenters. The zero-order chi connectivity index (χ0) is 37.1. The summed E-state index contributed by atoms with van der Waals surface area (Å²) in [5, 5.41) is 43.0. The molecule has 9 heteroatoms. The van der Waals surface area contributed by atoms with Gasteiger partial charge < -0.3 is 39.6 Å². The predicted molar refractivity (Wildman–Crippen MR) is 194 cm³/mol. The smallest absolute Gasteiger partial charge is 0.178 e. The van der Waals surface area contributed by atoms with Gasteiger partial charge in [0.1, 0.15) is 23.4 Å². The van der Waals surface area contributed by atoms with Gasteiger partial charge in [-0.1, -0.05) is 19.4 Å². The molecule has 0 bridgehead atoms. The van der Waals surface area contributed by atoms with E-state index in [1.54, 1.807) is 0 Å². The first-order valence-corrected chi connectivity index (χ1v) is 20.0. The molecule has 9 nitrogen and oxygen atoms in total. The molecule has 1 aromatic carbocycles. The van der Waals surface area contributed by atoms with Crippen molar-refractivity contribution in [3.8, 4) is 0 Å². The first-order chi connectivity index (χ1) is 24.1. The van der Waals surface area contributed by atoms with Crippen LogP contribution < -0.4 is 5.32 Å². The van der Waals surface area contributed by atoms with E-state index in [9.17, 15) is 20.1 Å². The van der Waals surface area contributed by atoms with E-state index in [1.807, 2.05) is 39.8 Å². The van der Waals surface area contributed by atoms with Gasteiger partial charge in [-0.3, -0.25) is 4.79 Å². The number of ketones is 1. The number of aliphatic hydroxyl groups is 3. The largest absolute Gasteiger partial charge is 0.390 e. The lowest BCUT2D eigenvalue weighted by Crippen LogP contribution is -2.80. The van der Waals surface area contributed by atoms with Crippen LogP contribution in [0.2, 0.25) is 0 Å². The number of hydrogen-bond donors (Lipinski definition) is 4. The van der Waals surface area contributed by atoms with Gasteiger partial charge in [-0.25, -0.2) is 0 Å². The average molecular weight is 718 g/mol. The number of nitrogens with one attached hydrogen (secondary N) is 1. The highest BCUT2D eigenvalue weighted by molar-refractivity contribution is 6.02. The second kappa shape index (κ2) is 9.74. The molecule has 5 aliphatic carbocycles. The Balaban J connectivity index is 1.05. The van der Waals surface area contributed by atoms with Gasteiger partial charge >= 0.3 is 0 Å². The van der Waals surface area contributed by atoms with Crippen LogP contribution in [0.3, 0.4) is 0 Å². The van der Waals surface area contributed by atoms with Gasteiger partial charge in [-0.05, 0) is 135 Å². The number of benzene rings is 1. The molecule has 52 heavy (non-hydrogen) atoms. The Kier molecular flexibility index (Phi) is 6.49. The summed E-state index contributed by atoms with van der Waals surface area (Å²) in [5.41, 5.74) is -1.59. The Bertz CT molecular complexity index is 1830. The molecular weight excluding hydrogens is 658 g/mol. The van der Waals surface area contributed by atoms with E-state index in [0.717, 1.165) is 35.2 Å². The number of ether oxygens (including phenoxy) is 4. The summed E-state index contributed by atoms with van der Waals surface area (Å²) in [5.74, 6) is 0.366. The number of fused-ring (bicyclic) bond motifs is 12. The minimum Gasteiger partial charge on any atom is -0.390 e. The number of Topliss-reactive ketones (excluding diaryl/α,β-unsaturated/α-hetero) is 1. The lowest BCUT2D eigenvalue weighted by molar-refractivity contribution is -0.393. The highest BCUT2D eigenvalue weighted by atomic mass is 16.7. The third-order valence-electron chi connectivity index (χ3n) is 17.3. The number of anilines is 1. The molecule has 4 N–H and O–H groups in total. The summed E-state index contributed by atoms with van der Waals surface area (Å²) in [7, 11) is 0. The monoisotopic (exact) mass is 717 g/mol. The minimum absolute atomic E-state index is 0.00232. The van der Waals surface area contributed by atoms with Gasteiger partial charge in [-0.15, -0.1) is 0 Å². The Hall–Kier alpha value is -1.85. The van der Waals surface area contributed by atoms with Gasteiger partial charge in [0.25, 0.3) is 0 Å². The Labute approximate surface area is 308 Å². The van der Waals surface area contributed by atoms with Crippen molar-refractivity contribution in [3.05, 3.63) is 40.5 Å². The van der Waals surface area contributed by atoms with Crippen molar-refractivity contribution in [2.45, 2.75) is 178 Å². The Morgan fingerprint density at radius 2 is 1.67 bits per heavy atom. The van der Waals surface area contributed by atoms with E-state index in [2.05, 4.69) is 52.9 Å². The summed E-state index contributed by atoms with van der Waals surface area (Å²) in [6, 6.07) is 4.14. The van der Waals surface area contributed by atoms with Crippen LogP contribution in [-0.4, -0.2) is 85.9 Å². The van der Waals surface area contributed by atoms with E-state index >= 15 is 0 Å². The van der Waals surface area contributed by atoms with Gasteiger partial charge in [-0.2, -0.15) is 0 Å². The fraction of sp³-hybridized carbons (Fsp3) is 0.791. The molecule has 4 saturated carbocycles. The standard InChI is InChI=1S/C43H59NO8/c1-20(2)15-29-50-35-34(38(7,8)51-29)49-28-13-14-39(9)40(10)21(17-27(45)43(39,48)41(28)19-42(35,41)47)16-24-30-23-18-25-31(37(5,6)52-36(25,3)4)32(46)22(23)11-12-26(30)44-33(24)40/h11-12,15,21,24-25,27-29,31,33-35,44-45,47-48H,13-14,16-19H2,1-10H3. The molecule has 0 amide bonds. The molecule has 3 saturated heterocycles. The van der Waals surface area contributed by atoms with Crippen LogP contribution in [-0.2, 0) is 25.4 Å². The normalized spacial score (nSPS) is 53.4. The van der Waals surface area contributed by atoms with Gasteiger partial charge in [0, 0.05) is 34.5 Å². The maximum atomic E-state index is 14.3. The molecule has 1 spiro atoms. The molecule has 4 heterocycles. The maximum Gasteiger partial charge on any atom is 0.178 e. The molecule has 0 radical (unpaired) electrons. The minimum atomic E-state index is -1.63. The van der Waals surface area contributed by atoms with Crippen LogP contribution in [0.5, 0.6) is 0 Å². The molecule has 4 aliphatic heterocycles. The van der Waals surface area contributed by atoms with E-state index < -0.39 is 75.0 Å². The average Bonchev–Trinajstić information content (AvgIpc) is 3.28. The molecule has 7 fully saturated rings. The summed E-state index contributed by atoms with van der Waals surface area (Å²) in [6.07, 6.45) is 2.28. The van der Waals surface area contributed by atoms with Crippen molar-refractivity contribution < 1.29 is 39.1 Å². The van der Waals surface area contributed by atoms with Crippen molar-refractivity contribution in [2.75, 3.05) is 5.32 Å². The summed E-state index contributed by atoms with van der Waals surface area (Å²) >= 11 is 0. The first-order valence-electron chi connectivity index (χ1n) is 20.0. The molecular formula is C43H59NO8. The fourth-order valence-corrected chi connectivity index (χ4v) is 15.1. The molecule has 9 aliphatic rings. The van der Waals surface area contributed by atoms with Crippen molar-refractivity contribution in [3.63, 3.8) is 0 Å². The van der Waals surface area contributed by atoms with Crippen molar-refractivity contribution in [1.82, 2.24) is 0 Å². The first kappa shape index (κ1) is 34.6. The van der Waals surface area contributed by atoms with Crippen LogP contribution in [0.25, 0.3) is 0 Å². The number of carbonyl (C=O) groups is 1. The van der Waals surface area contributed by atoms with Crippen molar-refractivity contribution in [2.24, 2.45) is 34.0 Å². The molecule has 15 unspecified atom stereocenters. The zero-order valence-corrected chi connectivity index (χ0v) is 32.6. The van der Waals surface area contributed by atoms with Crippen LogP contribution >= 0.6 is 0 Å². The van der Waals surface area contributed by atoms with Gasteiger partial charge in [0.15, 0.2) is 12.1 Å². The number of carbonyl (C=O) groups excluding carboxylic acids is 1. The van der Waals surface area contributed by atoms with E-state index in [1.165, 1.54) is 5.56 Å². The van der Waals surface area contributed by atoms with E-state index in [0.29, 0.717) is 25.7 Å². The highest BCUT2D eigenvalue weighted by Gasteiger charge is 2.93. The predicted octanol–water partition coefficient (Wildman–Crippen LogP) is 5.82. The molecule has 0 aromatic heterocycles. The molecule has 10 rings (SSSR count). The Morgan fingerprint density at radius 3 is 2.38 bits per heavy atom. The SMILES string of the molecule is CC(C)=CC1OC2C(OC3CCC4(C)C5(C)C(CC6c7c(ccc8c7CC7C(C8=O)C(C)(C)OC7(C)C)NC65)CC(O)C4(O)C34CC24O)C(C)(C)O1. The number of allylic oxidation sites excluding steroid dienone is 1. The second-order valence-electron chi connectivity index (χ2n) is 20.9. The van der Waals surface area contributed by atoms with Gasteiger partial charge in [0.05, 0.1) is 40.3 Å². The van der Waals surface area contributed by atoms with Gasteiger partial charge in [0.2, 0.25) is 0 Å². The molecule has 284 valence electrons. The van der Waals surface area contributed by atoms with Crippen LogP contribution in [0.1, 0.15) is 129 Å². The van der Waals surface area contributed by atoms with Crippen molar-refractivity contribution in [1.29, 1.82) is 0 Å². The third kappa shape index (κ3) is 3.61. The number of hydrogen-bond acceptors (Lipinski definition) is 9. The second-order valence-corrected chi connectivity index (χ2v) is 20.9.